The second-order valence-corrected chi connectivity index (χ2v) is 6.33. The van der Waals surface area contributed by atoms with Crippen LogP contribution >= 0.6 is 11.3 Å². The van der Waals surface area contributed by atoms with Crippen LogP contribution < -0.4 is 5.32 Å². The number of anilines is 1. The van der Waals surface area contributed by atoms with Crippen molar-refractivity contribution < 1.29 is 17.9 Å². The first-order valence-electron chi connectivity index (χ1n) is 6.11. The minimum absolute atomic E-state index is 0.00244. The number of amides is 1. The Morgan fingerprint density at radius 3 is 2.73 bits per heavy atom. The molecule has 10 heteroatoms. The Morgan fingerprint density at radius 2 is 2.14 bits per heavy atom. The monoisotopic (exact) mass is 340 g/mol. The van der Waals surface area contributed by atoms with Gasteiger partial charge in [-0.2, -0.15) is 8.42 Å². The van der Waals surface area contributed by atoms with E-state index < -0.39 is 15.9 Å². The number of benzene rings is 1. The quantitative estimate of drug-likeness (QED) is 0.631. The first-order chi connectivity index (χ1) is 10.5. The Morgan fingerprint density at radius 1 is 1.41 bits per heavy atom. The van der Waals surface area contributed by atoms with Gasteiger partial charge in [0, 0.05) is 5.69 Å². The second-order valence-electron chi connectivity index (χ2n) is 3.86. The van der Waals surface area contributed by atoms with E-state index in [0.29, 0.717) is 12.3 Å². The van der Waals surface area contributed by atoms with Crippen LogP contribution in [0.2, 0.25) is 0 Å². The summed E-state index contributed by atoms with van der Waals surface area (Å²) in [7, 11) is -3.81. The van der Waals surface area contributed by atoms with Gasteiger partial charge >= 0.3 is 0 Å². The molecule has 2 rings (SSSR count). The van der Waals surface area contributed by atoms with E-state index in [1.165, 1.54) is 29.8 Å². The fourth-order valence-corrected chi connectivity index (χ4v) is 2.61. The molecule has 0 aliphatic carbocycles. The number of rotatable bonds is 6. The van der Waals surface area contributed by atoms with Crippen molar-refractivity contribution in [2.24, 2.45) is 4.40 Å². The van der Waals surface area contributed by atoms with Gasteiger partial charge in [-0.15, -0.1) is 14.6 Å². The molecule has 0 saturated heterocycles. The predicted molar refractivity (Wildman–Crippen MR) is 81.6 cm³/mol. The summed E-state index contributed by atoms with van der Waals surface area (Å²) in [5.74, 6) is -0.410. The van der Waals surface area contributed by atoms with Gasteiger partial charge in [0.05, 0.1) is 11.5 Å². The van der Waals surface area contributed by atoms with Crippen LogP contribution in [-0.2, 0) is 14.8 Å². The van der Waals surface area contributed by atoms with E-state index in [1.807, 2.05) is 0 Å². The average molecular weight is 340 g/mol. The highest BCUT2D eigenvalue weighted by molar-refractivity contribution is 7.90. The molecule has 0 fully saturated rings. The fourth-order valence-electron chi connectivity index (χ4n) is 1.39. The van der Waals surface area contributed by atoms with Crippen molar-refractivity contribution in [3.63, 3.8) is 0 Å². The summed E-state index contributed by atoms with van der Waals surface area (Å²) in [5, 5.41) is 10.0. The number of sulfonamides is 1. The molecule has 1 aromatic carbocycles. The van der Waals surface area contributed by atoms with Crippen molar-refractivity contribution >= 4 is 39.4 Å². The first-order valence-corrected chi connectivity index (χ1v) is 8.43. The van der Waals surface area contributed by atoms with E-state index in [2.05, 4.69) is 19.9 Å². The molecular formula is C12H12N4O4S2. The van der Waals surface area contributed by atoms with Gasteiger partial charge in [0.25, 0.3) is 15.9 Å². The third-order valence-corrected chi connectivity index (χ3v) is 4.31. The van der Waals surface area contributed by atoms with E-state index in [-0.39, 0.29) is 9.90 Å². The molecule has 0 saturated carbocycles. The molecule has 0 bridgehead atoms. The number of hydrogen-bond acceptors (Lipinski definition) is 7. The summed E-state index contributed by atoms with van der Waals surface area (Å²) in [6.45, 7) is 2.05. The SMILES string of the molecule is CCO/C=N\S(=O)(=O)c1ccc(NC(=O)c2nncs2)cc1. The van der Waals surface area contributed by atoms with Gasteiger partial charge in [0.2, 0.25) is 5.01 Å². The minimum atomic E-state index is -3.81. The zero-order valence-electron chi connectivity index (χ0n) is 11.5. The maximum atomic E-state index is 11.8. The zero-order chi connectivity index (χ0) is 16.0. The molecule has 0 spiro atoms. The van der Waals surface area contributed by atoms with Gasteiger partial charge in [-0.05, 0) is 31.2 Å². The molecule has 0 aliphatic heterocycles. The van der Waals surface area contributed by atoms with Gasteiger partial charge in [0.1, 0.15) is 5.51 Å². The molecule has 0 aliphatic rings. The Hall–Kier alpha value is -2.33. The van der Waals surface area contributed by atoms with Crippen LogP contribution in [-0.4, -0.2) is 37.5 Å². The second kappa shape index (κ2) is 7.09. The normalized spacial score (nSPS) is 11.5. The maximum Gasteiger partial charge on any atom is 0.286 e. The lowest BCUT2D eigenvalue weighted by atomic mass is 10.3. The third-order valence-electron chi connectivity index (χ3n) is 2.39. The van der Waals surface area contributed by atoms with E-state index in [9.17, 15) is 13.2 Å². The minimum Gasteiger partial charge on any atom is -0.483 e. The Kier molecular flexibility index (Phi) is 5.17. The highest BCUT2D eigenvalue weighted by Crippen LogP contribution is 2.17. The Bertz CT molecular complexity index is 755. The summed E-state index contributed by atoms with van der Waals surface area (Å²) >= 11 is 1.11. The lowest BCUT2D eigenvalue weighted by Gasteiger charge is -2.04. The molecule has 22 heavy (non-hydrogen) atoms. The molecule has 1 aromatic heterocycles. The molecule has 116 valence electrons. The number of aromatic nitrogens is 2. The van der Waals surface area contributed by atoms with Crippen LogP contribution in [0.1, 0.15) is 16.7 Å². The predicted octanol–water partition coefficient (Wildman–Crippen LogP) is 1.54. The lowest BCUT2D eigenvalue weighted by molar-refractivity contribution is 0.102. The smallest absolute Gasteiger partial charge is 0.286 e. The van der Waals surface area contributed by atoms with Gasteiger partial charge in [-0.1, -0.05) is 11.3 Å². The molecule has 2 aromatic rings. The zero-order valence-corrected chi connectivity index (χ0v) is 13.1. The number of hydrogen-bond donors (Lipinski definition) is 1. The third kappa shape index (κ3) is 4.09. The fraction of sp³-hybridized carbons (Fsp3) is 0.167. The number of nitrogens with zero attached hydrogens (tertiary/aromatic N) is 3. The maximum absolute atomic E-state index is 11.8. The van der Waals surface area contributed by atoms with E-state index in [0.717, 1.165) is 17.7 Å². The molecule has 1 amide bonds. The Labute approximate surface area is 130 Å². The Balaban J connectivity index is 2.09. The van der Waals surface area contributed by atoms with Crippen LogP contribution in [0.15, 0.2) is 39.1 Å². The molecule has 1 N–H and O–H groups in total. The summed E-state index contributed by atoms with van der Waals surface area (Å²) in [5.41, 5.74) is 1.88. The topological polar surface area (TPSA) is 111 Å². The van der Waals surface area contributed by atoms with Crippen molar-refractivity contribution in [3.05, 3.63) is 34.8 Å². The first kappa shape index (κ1) is 16.0. The van der Waals surface area contributed by atoms with Crippen molar-refractivity contribution in [2.45, 2.75) is 11.8 Å². The van der Waals surface area contributed by atoms with Gasteiger partial charge in [-0.3, -0.25) is 4.79 Å². The van der Waals surface area contributed by atoms with E-state index >= 15 is 0 Å². The summed E-state index contributed by atoms with van der Waals surface area (Å²) < 4.78 is 31.8. The van der Waals surface area contributed by atoms with Crippen molar-refractivity contribution in [1.29, 1.82) is 0 Å². The highest BCUT2D eigenvalue weighted by atomic mass is 32.2. The molecular weight excluding hydrogens is 328 g/mol. The lowest BCUT2D eigenvalue weighted by Crippen LogP contribution is -2.11. The van der Waals surface area contributed by atoms with Crippen molar-refractivity contribution in [3.8, 4) is 0 Å². The van der Waals surface area contributed by atoms with Crippen LogP contribution in [0.5, 0.6) is 0 Å². The van der Waals surface area contributed by atoms with E-state index in [4.69, 9.17) is 4.74 Å². The summed E-state index contributed by atoms with van der Waals surface area (Å²) in [6.07, 6.45) is 0.889. The van der Waals surface area contributed by atoms with Crippen LogP contribution in [0.4, 0.5) is 5.69 Å². The summed E-state index contributed by atoms with van der Waals surface area (Å²) in [4.78, 5) is 11.8. The molecule has 0 radical (unpaired) electrons. The average Bonchev–Trinajstić information content (AvgIpc) is 3.02. The number of ether oxygens (including phenoxy) is 1. The number of carbonyl (C=O) groups is 1. The number of carbonyl (C=O) groups excluding carboxylic acids is 1. The van der Waals surface area contributed by atoms with Crippen LogP contribution in [0.3, 0.4) is 0 Å². The van der Waals surface area contributed by atoms with Crippen LogP contribution in [0, 0.1) is 0 Å². The molecule has 8 nitrogen and oxygen atoms in total. The van der Waals surface area contributed by atoms with E-state index in [1.54, 1.807) is 6.92 Å². The largest absolute Gasteiger partial charge is 0.483 e. The molecule has 0 atom stereocenters. The standard InChI is InChI=1S/C12H12N4O4S2/c1-2-20-7-14-22(18,19)10-5-3-9(4-6-10)15-11(17)12-16-13-8-21-12/h3-8H,2H2,1H3,(H,15,17)/b14-7-. The highest BCUT2D eigenvalue weighted by Gasteiger charge is 2.13. The van der Waals surface area contributed by atoms with Crippen LogP contribution in [0.25, 0.3) is 0 Å². The summed E-state index contributed by atoms with van der Waals surface area (Å²) in [6, 6.07) is 5.60. The van der Waals surface area contributed by atoms with Crippen molar-refractivity contribution in [2.75, 3.05) is 11.9 Å². The van der Waals surface area contributed by atoms with Gasteiger partial charge < -0.3 is 10.1 Å². The molecule has 1 heterocycles. The van der Waals surface area contributed by atoms with Gasteiger partial charge in [0.15, 0.2) is 6.40 Å². The van der Waals surface area contributed by atoms with Crippen molar-refractivity contribution in [1.82, 2.24) is 10.2 Å². The van der Waals surface area contributed by atoms with Gasteiger partial charge in [-0.25, -0.2) is 0 Å². The molecule has 0 unspecified atom stereocenters. The number of nitrogens with one attached hydrogen (secondary N) is 1.